The fourth-order valence-electron chi connectivity index (χ4n) is 1.39. The zero-order valence-electron chi connectivity index (χ0n) is 11.3. The van der Waals surface area contributed by atoms with Crippen molar-refractivity contribution in [2.24, 2.45) is 0 Å². The molecule has 1 N–H and O–H groups in total. The van der Waals surface area contributed by atoms with E-state index in [9.17, 15) is 9.59 Å². The normalized spacial score (nSPS) is 9.85. The van der Waals surface area contributed by atoms with Crippen molar-refractivity contribution in [3.63, 3.8) is 0 Å². The van der Waals surface area contributed by atoms with Gasteiger partial charge in [-0.3, -0.25) is 9.59 Å². The molecule has 1 rings (SSSR count). The summed E-state index contributed by atoms with van der Waals surface area (Å²) in [6.45, 7) is 0.632. The van der Waals surface area contributed by atoms with E-state index in [2.05, 4.69) is 0 Å². The number of hydrogen-bond donors (Lipinski definition) is 1. The third kappa shape index (κ3) is 6.63. The molecule has 0 unspecified atom stereocenters. The third-order valence-electron chi connectivity index (χ3n) is 2.42. The van der Waals surface area contributed by atoms with Crippen molar-refractivity contribution in [2.45, 2.75) is 19.3 Å². The maximum Gasteiger partial charge on any atom is 0.306 e. The molecule has 0 aliphatic carbocycles. The van der Waals surface area contributed by atoms with Gasteiger partial charge in [0.25, 0.3) is 0 Å². The highest BCUT2D eigenvalue weighted by Crippen LogP contribution is 2.16. The topological polar surface area (TPSA) is 82.1 Å². The molecule has 6 nitrogen and oxygen atoms in total. The van der Waals surface area contributed by atoms with Crippen molar-refractivity contribution in [1.29, 1.82) is 0 Å². The zero-order valence-corrected chi connectivity index (χ0v) is 11.3. The van der Waals surface area contributed by atoms with Gasteiger partial charge in [0.15, 0.2) is 0 Å². The molecule has 6 heteroatoms. The molecule has 110 valence electrons. The van der Waals surface area contributed by atoms with Crippen LogP contribution < -0.4 is 9.47 Å². The minimum absolute atomic E-state index is 0.103. The van der Waals surface area contributed by atoms with Crippen molar-refractivity contribution in [3.8, 4) is 11.5 Å². The Kier molecular flexibility index (Phi) is 6.95. The Bertz CT molecular complexity index is 426. The lowest BCUT2D eigenvalue weighted by atomic mass is 10.3. The first-order valence-corrected chi connectivity index (χ1v) is 6.26. The van der Waals surface area contributed by atoms with Gasteiger partial charge in [0, 0.05) is 6.42 Å². The Morgan fingerprint density at radius 2 is 1.70 bits per heavy atom. The van der Waals surface area contributed by atoms with Gasteiger partial charge in [0.05, 0.1) is 33.2 Å². The summed E-state index contributed by atoms with van der Waals surface area (Å²) in [5.74, 6) is -0.0469. The summed E-state index contributed by atoms with van der Waals surface area (Å²) in [7, 11) is 1.59. The summed E-state index contributed by atoms with van der Waals surface area (Å²) in [4.78, 5) is 21.4. The van der Waals surface area contributed by atoms with Crippen LogP contribution in [-0.2, 0) is 14.3 Å². The van der Waals surface area contributed by atoms with Gasteiger partial charge in [0.1, 0.15) is 11.5 Å². The van der Waals surface area contributed by atoms with Crippen LogP contribution in [0.2, 0.25) is 0 Å². The Hall–Kier alpha value is -2.24. The van der Waals surface area contributed by atoms with Crippen molar-refractivity contribution >= 4 is 11.9 Å². The molecule has 0 aliphatic heterocycles. The van der Waals surface area contributed by atoms with Crippen LogP contribution in [0.5, 0.6) is 11.5 Å². The van der Waals surface area contributed by atoms with E-state index < -0.39 is 11.9 Å². The first kappa shape index (κ1) is 15.8. The van der Waals surface area contributed by atoms with Gasteiger partial charge < -0.3 is 19.3 Å². The fourth-order valence-corrected chi connectivity index (χ4v) is 1.39. The molecule has 0 fully saturated rings. The maximum absolute atomic E-state index is 11.1. The molecule has 0 heterocycles. The predicted molar refractivity (Wildman–Crippen MR) is 70.9 cm³/mol. The van der Waals surface area contributed by atoms with Gasteiger partial charge in [-0.2, -0.15) is 0 Å². The molecule has 1 aromatic carbocycles. The average Bonchev–Trinajstić information content (AvgIpc) is 2.45. The standard InChI is InChI=1S/C14H18O6/c1-18-11-3-5-12(6-4-11)19-9-2-10-20-14(17)8-7-13(15)16/h3-6H,2,7-10H2,1H3,(H,15,16). The molecule has 0 amide bonds. The number of carboxylic acid groups (broad SMARTS) is 1. The van der Waals surface area contributed by atoms with E-state index in [1.807, 2.05) is 0 Å². The van der Waals surface area contributed by atoms with E-state index >= 15 is 0 Å². The Balaban J connectivity index is 2.09. The molecular weight excluding hydrogens is 264 g/mol. The summed E-state index contributed by atoms with van der Waals surface area (Å²) in [5.41, 5.74) is 0. The number of carboxylic acids is 1. The Morgan fingerprint density at radius 1 is 1.05 bits per heavy atom. The second kappa shape index (κ2) is 8.79. The average molecular weight is 282 g/mol. The molecule has 0 saturated heterocycles. The van der Waals surface area contributed by atoms with Gasteiger partial charge >= 0.3 is 11.9 Å². The van der Waals surface area contributed by atoms with Crippen LogP contribution >= 0.6 is 0 Å². The lowest BCUT2D eigenvalue weighted by molar-refractivity contribution is -0.147. The van der Waals surface area contributed by atoms with Gasteiger partial charge in [-0.05, 0) is 24.3 Å². The van der Waals surface area contributed by atoms with Crippen LogP contribution in [0.3, 0.4) is 0 Å². The number of carbonyl (C=O) groups is 2. The van der Waals surface area contributed by atoms with Gasteiger partial charge in [-0.15, -0.1) is 0 Å². The molecule has 0 saturated carbocycles. The molecule has 0 aromatic heterocycles. The first-order chi connectivity index (χ1) is 9.61. The SMILES string of the molecule is COc1ccc(OCCCOC(=O)CCC(=O)O)cc1. The highest BCUT2D eigenvalue weighted by Gasteiger charge is 2.06. The lowest BCUT2D eigenvalue weighted by Gasteiger charge is -2.07. The van der Waals surface area contributed by atoms with Crippen LogP contribution in [0.1, 0.15) is 19.3 Å². The monoisotopic (exact) mass is 282 g/mol. The minimum atomic E-state index is -1.01. The quantitative estimate of drug-likeness (QED) is 0.550. The third-order valence-corrected chi connectivity index (χ3v) is 2.42. The number of rotatable bonds is 9. The van der Waals surface area contributed by atoms with Crippen molar-refractivity contribution in [1.82, 2.24) is 0 Å². The van der Waals surface area contributed by atoms with Crippen LogP contribution in [0, 0.1) is 0 Å². The molecule has 0 radical (unpaired) electrons. The van der Waals surface area contributed by atoms with Crippen molar-refractivity contribution in [2.75, 3.05) is 20.3 Å². The van der Waals surface area contributed by atoms with E-state index in [0.29, 0.717) is 18.8 Å². The summed E-state index contributed by atoms with van der Waals surface area (Å²) < 4.78 is 15.3. The minimum Gasteiger partial charge on any atom is -0.497 e. The molecule has 20 heavy (non-hydrogen) atoms. The Morgan fingerprint density at radius 3 is 2.30 bits per heavy atom. The number of benzene rings is 1. The number of methoxy groups -OCH3 is 1. The molecule has 0 spiro atoms. The number of ether oxygens (including phenoxy) is 3. The van der Waals surface area contributed by atoms with E-state index in [1.165, 1.54) is 0 Å². The second-order valence-corrected chi connectivity index (χ2v) is 3.99. The highest BCUT2D eigenvalue weighted by molar-refractivity contribution is 5.76. The number of esters is 1. The van der Waals surface area contributed by atoms with E-state index in [1.54, 1.807) is 31.4 Å². The maximum atomic E-state index is 11.1. The summed E-state index contributed by atoms with van der Waals surface area (Å²) in [5, 5.41) is 8.40. The van der Waals surface area contributed by atoms with Gasteiger partial charge in [-0.1, -0.05) is 0 Å². The van der Waals surface area contributed by atoms with E-state index in [-0.39, 0.29) is 19.4 Å². The number of hydrogen-bond acceptors (Lipinski definition) is 5. The predicted octanol–water partition coefficient (Wildman–Crippen LogP) is 1.87. The van der Waals surface area contributed by atoms with Crippen LogP contribution in [0.25, 0.3) is 0 Å². The molecule has 0 atom stereocenters. The van der Waals surface area contributed by atoms with Crippen LogP contribution in [-0.4, -0.2) is 37.4 Å². The number of aliphatic carboxylic acids is 1. The number of carbonyl (C=O) groups excluding carboxylic acids is 1. The van der Waals surface area contributed by atoms with Gasteiger partial charge in [-0.25, -0.2) is 0 Å². The molecule has 0 aliphatic rings. The Labute approximate surface area is 117 Å². The molecular formula is C14H18O6. The van der Waals surface area contributed by atoms with Crippen molar-refractivity contribution in [3.05, 3.63) is 24.3 Å². The molecule has 0 bridgehead atoms. The first-order valence-electron chi connectivity index (χ1n) is 6.26. The lowest BCUT2D eigenvalue weighted by Crippen LogP contribution is -2.10. The van der Waals surface area contributed by atoms with E-state index in [0.717, 1.165) is 5.75 Å². The molecule has 1 aromatic rings. The summed E-state index contributed by atoms with van der Waals surface area (Å²) >= 11 is 0. The van der Waals surface area contributed by atoms with Gasteiger partial charge in [0.2, 0.25) is 0 Å². The van der Waals surface area contributed by atoms with Crippen LogP contribution in [0.4, 0.5) is 0 Å². The zero-order chi connectivity index (χ0) is 14.8. The van der Waals surface area contributed by atoms with Crippen LogP contribution in [0.15, 0.2) is 24.3 Å². The smallest absolute Gasteiger partial charge is 0.306 e. The summed E-state index contributed by atoms with van der Waals surface area (Å²) in [6.07, 6.45) is 0.237. The highest BCUT2D eigenvalue weighted by atomic mass is 16.5. The second-order valence-electron chi connectivity index (χ2n) is 3.99. The largest absolute Gasteiger partial charge is 0.497 e. The fraction of sp³-hybridized carbons (Fsp3) is 0.429. The van der Waals surface area contributed by atoms with Crippen molar-refractivity contribution < 1.29 is 28.9 Å². The van der Waals surface area contributed by atoms with E-state index in [4.69, 9.17) is 19.3 Å². The summed E-state index contributed by atoms with van der Waals surface area (Å²) in [6, 6.07) is 7.16.